The van der Waals surface area contributed by atoms with Crippen molar-refractivity contribution < 1.29 is 9.53 Å². The van der Waals surface area contributed by atoms with Crippen molar-refractivity contribution in [3.63, 3.8) is 0 Å². The van der Waals surface area contributed by atoms with E-state index in [0.29, 0.717) is 34.3 Å². The average molecular weight is 370 g/mol. The fourth-order valence-electron chi connectivity index (χ4n) is 2.57. The van der Waals surface area contributed by atoms with Gasteiger partial charge in [0.2, 0.25) is 0 Å². The van der Waals surface area contributed by atoms with E-state index < -0.39 is 0 Å². The minimum atomic E-state index is -0.295. The van der Waals surface area contributed by atoms with Gasteiger partial charge in [-0.25, -0.2) is 0 Å². The largest absolute Gasteiger partial charge is 0.457 e. The molecule has 3 aromatic rings. The lowest BCUT2D eigenvalue weighted by atomic mass is 10.2. The number of benzene rings is 2. The highest BCUT2D eigenvalue weighted by molar-refractivity contribution is 6.34. The quantitative estimate of drug-likeness (QED) is 0.689. The average Bonchev–Trinajstić information content (AvgIpc) is 2.92. The summed E-state index contributed by atoms with van der Waals surface area (Å²) in [5.41, 5.74) is 2.89. The van der Waals surface area contributed by atoms with Crippen molar-refractivity contribution in [2.24, 2.45) is 7.05 Å². The van der Waals surface area contributed by atoms with Gasteiger partial charge in [0.15, 0.2) is 0 Å². The normalized spacial score (nSPS) is 10.6. The summed E-state index contributed by atoms with van der Waals surface area (Å²) in [7, 11) is 1.71. The summed E-state index contributed by atoms with van der Waals surface area (Å²) in [6.07, 6.45) is 0.672. The number of aromatic nitrogens is 2. The molecular weight excluding hydrogens is 350 g/mol. The van der Waals surface area contributed by atoms with Crippen LogP contribution in [0.2, 0.25) is 5.02 Å². The molecule has 3 rings (SSSR count). The monoisotopic (exact) mass is 369 g/mol. The second-order valence-corrected chi connectivity index (χ2v) is 6.36. The van der Waals surface area contributed by atoms with Gasteiger partial charge in [-0.2, -0.15) is 5.10 Å². The predicted molar refractivity (Wildman–Crippen MR) is 103 cm³/mol. The molecule has 0 aliphatic carbocycles. The van der Waals surface area contributed by atoms with E-state index >= 15 is 0 Å². The summed E-state index contributed by atoms with van der Waals surface area (Å²) in [5, 5.41) is 7.49. The van der Waals surface area contributed by atoms with Crippen LogP contribution in [0.1, 0.15) is 28.7 Å². The summed E-state index contributed by atoms with van der Waals surface area (Å²) in [6.45, 7) is 3.97. The van der Waals surface area contributed by atoms with E-state index in [1.165, 1.54) is 10.2 Å². The van der Waals surface area contributed by atoms with Gasteiger partial charge in [-0.3, -0.25) is 9.48 Å². The van der Waals surface area contributed by atoms with Crippen molar-refractivity contribution in [3.05, 3.63) is 70.5 Å². The lowest BCUT2D eigenvalue weighted by Crippen LogP contribution is -2.16. The maximum atomic E-state index is 12.5. The molecule has 0 saturated carbocycles. The summed E-state index contributed by atoms with van der Waals surface area (Å²) < 4.78 is 7.29. The van der Waals surface area contributed by atoms with E-state index in [0.717, 1.165) is 5.75 Å². The number of aryl methyl sites for hydroxylation is 3. The first-order chi connectivity index (χ1) is 12.5. The van der Waals surface area contributed by atoms with Gasteiger partial charge in [-0.05, 0) is 49.7 Å². The Morgan fingerprint density at radius 2 is 1.69 bits per heavy atom. The third-order valence-electron chi connectivity index (χ3n) is 3.97. The fourth-order valence-corrected chi connectivity index (χ4v) is 2.94. The third-order valence-corrected chi connectivity index (χ3v) is 4.37. The highest BCUT2D eigenvalue weighted by Crippen LogP contribution is 2.25. The van der Waals surface area contributed by atoms with E-state index in [-0.39, 0.29) is 5.91 Å². The molecule has 134 valence electrons. The number of rotatable bonds is 5. The van der Waals surface area contributed by atoms with Crippen molar-refractivity contribution in [1.29, 1.82) is 0 Å². The fraction of sp³-hybridized carbons (Fsp3) is 0.200. The number of anilines is 1. The Kier molecular flexibility index (Phi) is 5.28. The van der Waals surface area contributed by atoms with E-state index in [4.69, 9.17) is 16.3 Å². The number of amides is 1. The van der Waals surface area contributed by atoms with E-state index in [9.17, 15) is 4.79 Å². The van der Waals surface area contributed by atoms with Crippen molar-refractivity contribution in [2.75, 3.05) is 5.32 Å². The number of hydrogen-bond acceptors (Lipinski definition) is 3. The van der Waals surface area contributed by atoms with E-state index in [2.05, 4.69) is 10.4 Å². The molecule has 1 N–H and O–H groups in total. The molecule has 26 heavy (non-hydrogen) atoms. The zero-order valence-electron chi connectivity index (χ0n) is 14.9. The first-order valence-electron chi connectivity index (χ1n) is 8.35. The second-order valence-electron chi connectivity index (χ2n) is 5.98. The molecule has 2 aromatic carbocycles. The highest BCUT2D eigenvalue weighted by atomic mass is 35.5. The maximum absolute atomic E-state index is 12.5. The smallest absolute Gasteiger partial charge is 0.275 e. The molecule has 0 fully saturated rings. The maximum Gasteiger partial charge on any atom is 0.275 e. The van der Waals surface area contributed by atoms with Gasteiger partial charge in [0.05, 0.1) is 10.7 Å². The summed E-state index contributed by atoms with van der Waals surface area (Å²) in [6, 6.07) is 15.0. The van der Waals surface area contributed by atoms with Crippen LogP contribution in [0.15, 0.2) is 48.5 Å². The van der Waals surface area contributed by atoms with Crippen LogP contribution in [0.3, 0.4) is 0 Å². The first kappa shape index (κ1) is 18.0. The number of carbonyl (C=O) groups excluding carboxylic acids is 1. The summed E-state index contributed by atoms with van der Waals surface area (Å²) >= 11 is 6.25. The molecular formula is C20H20ClN3O2. The first-order valence-corrected chi connectivity index (χ1v) is 8.73. The van der Waals surface area contributed by atoms with Gasteiger partial charge >= 0.3 is 0 Å². The summed E-state index contributed by atoms with van der Waals surface area (Å²) in [4.78, 5) is 12.5. The van der Waals surface area contributed by atoms with Gasteiger partial charge in [0.25, 0.3) is 5.91 Å². The van der Waals surface area contributed by atoms with Crippen LogP contribution in [0.25, 0.3) is 0 Å². The van der Waals surface area contributed by atoms with Crippen LogP contribution in [-0.4, -0.2) is 15.7 Å². The summed E-state index contributed by atoms with van der Waals surface area (Å²) in [5.74, 6) is 1.16. The number of nitrogens with one attached hydrogen (secondary N) is 1. The van der Waals surface area contributed by atoms with Crippen LogP contribution in [0.5, 0.6) is 11.5 Å². The predicted octanol–water partition coefficient (Wildman–Crippen LogP) is 4.99. The topological polar surface area (TPSA) is 56.2 Å². The molecule has 0 aliphatic rings. The molecule has 0 unspecified atom stereocenters. The molecule has 6 heteroatoms. The van der Waals surface area contributed by atoms with Crippen LogP contribution in [0, 0.1) is 6.92 Å². The SMILES string of the molecule is CCc1nn(C)c(C(=O)Nc2ccc(Oc3ccc(C)cc3)cc2)c1Cl. The molecule has 5 nitrogen and oxygen atoms in total. The lowest BCUT2D eigenvalue weighted by molar-refractivity contribution is 0.101. The van der Waals surface area contributed by atoms with Gasteiger partial charge in [0.1, 0.15) is 17.2 Å². The van der Waals surface area contributed by atoms with Crippen LogP contribution in [0.4, 0.5) is 5.69 Å². The Morgan fingerprint density at radius 3 is 2.23 bits per heavy atom. The zero-order chi connectivity index (χ0) is 18.7. The Hall–Kier alpha value is -2.79. The Bertz CT molecular complexity index is 915. The molecule has 0 saturated heterocycles. The number of carbonyl (C=O) groups is 1. The van der Waals surface area contributed by atoms with Crippen LogP contribution < -0.4 is 10.1 Å². The molecule has 1 heterocycles. The van der Waals surface area contributed by atoms with Crippen molar-refractivity contribution >= 4 is 23.2 Å². The van der Waals surface area contributed by atoms with Gasteiger partial charge in [0, 0.05) is 12.7 Å². The van der Waals surface area contributed by atoms with Gasteiger partial charge in [-0.1, -0.05) is 36.2 Å². The third kappa shape index (κ3) is 3.89. The van der Waals surface area contributed by atoms with E-state index in [1.54, 1.807) is 31.3 Å². The zero-order valence-corrected chi connectivity index (χ0v) is 15.7. The van der Waals surface area contributed by atoms with Crippen LogP contribution >= 0.6 is 11.6 Å². The van der Waals surface area contributed by atoms with Gasteiger partial charge < -0.3 is 10.1 Å². The van der Waals surface area contributed by atoms with Crippen molar-refractivity contribution in [1.82, 2.24) is 9.78 Å². The second kappa shape index (κ2) is 7.62. The molecule has 0 aliphatic heterocycles. The molecule has 0 bridgehead atoms. The van der Waals surface area contributed by atoms with Crippen LogP contribution in [-0.2, 0) is 13.5 Å². The standard InChI is InChI=1S/C20H20ClN3O2/c1-4-17-18(21)19(24(3)23-17)20(25)22-14-7-11-16(12-8-14)26-15-9-5-13(2)6-10-15/h5-12H,4H2,1-3H3,(H,22,25). The van der Waals surface area contributed by atoms with Crippen molar-refractivity contribution in [2.45, 2.75) is 20.3 Å². The molecule has 0 radical (unpaired) electrons. The number of halogens is 1. The number of ether oxygens (including phenoxy) is 1. The van der Waals surface area contributed by atoms with Crippen molar-refractivity contribution in [3.8, 4) is 11.5 Å². The molecule has 1 aromatic heterocycles. The number of nitrogens with zero attached hydrogens (tertiary/aromatic N) is 2. The molecule has 1 amide bonds. The Morgan fingerprint density at radius 1 is 1.12 bits per heavy atom. The molecule has 0 spiro atoms. The lowest BCUT2D eigenvalue weighted by Gasteiger charge is -2.09. The highest BCUT2D eigenvalue weighted by Gasteiger charge is 2.19. The molecule has 0 atom stereocenters. The van der Waals surface area contributed by atoms with E-state index in [1.807, 2.05) is 38.1 Å². The Labute approximate surface area is 157 Å². The van der Waals surface area contributed by atoms with Gasteiger partial charge in [-0.15, -0.1) is 0 Å². The number of hydrogen-bond donors (Lipinski definition) is 1. The minimum absolute atomic E-state index is 0.295. The minimum Gasteiger partial charge on any atom is -0.457 e. The Balaban J connectivity index is 1.70.